The molecule has 2 aromatic rings. The Morgan fingerprint density at radius 1 is 1.09 bits per heavy atom. The van der Waals surface area contributed by atoms with Gasteiger partial charge in [-0.15, -0.1) is 0 Å². The maximum atomic E-state index is 13.1. The molecule has 0 spiro atoms. The molecule has 2 rings (SSSR count). The molecule has 0 fully saturated rings. The Balaban J connectivity index is 2.16. The molecule has 0 aromatic heterocycles. The number of benzene rings is 2. The summed E-state index contributed by atoms with van der Waals surface area (Å²) in [6.45, 7) is 7.11. The normalized spacial score (nSPS) is 15.3. The zero-order chi connectivity index (χ0) is 23.9. The number of carbonyl (C=O) groups excluding carboxylic acids is 2. The molecule has 8 heteroatoms. The van der Waals surface area contributed by atoms with E-state index >= 15 is 0 Å². The van der Waals surface area contributed by atoms with Crippen LogP contribution in [0, 0.1) is 6.92 Å². The van der Waals surface area contributed by atoms with E-state index in [9.17, 15) is 19.0 Å². The van der Waals surface area contributed by atoms with E-state index in [1.807, 2.05) is 37.3 Å². The van der Waals surface area contributed by atoms with Gasteiger partial charge in [0.15, 0.2) is 0 Å². The molecule has 4 N–H and O–H groups in total. The van der Waals surface area contributed by atoms with Crippen molar-refractivity contribution >= 4 is 19.4 Å². The molecule has 0 aliphatic carbocycles. The average molecular weight is 461 g/mol. The number of nitrogens with two attached hydrogens (primary N) is 1. The number of amides is 2. The van der Waals surface area contributed by atoms with Crippen molar-refractivity contribution in [2.45, 2.75) is 51.7 Å². The summed E-state index contributed by atoms with van der Waals surface area (Å²) in [5, 5.41) is 2.71. The van der Waals surface area contributed by atoms with Crippen LogP contribution in [-0.4, -0.2) is 34.8 Å². The van der Waals surface area contributed by atoms with Crippen molar-refractivity contribution in [1.29, 1.82) is 0 Å². The van der Waals surface area contributed by atoms with Crippen LogP contribution in [0.15, 0.2) is 54.6 Å². The van der Waals surface area contributed by atoms with Crippen LogP contribution >= 0.6 is 7.37 Å². The topological polar surface area (TPSA) is 119 Å². The van der Waals surface area contributed by atoms with E-state index in [0.29, 0.717) is 5.56 Å². The number of hydrogen-bond acceptors (Lipinski definition) is 4. The van der Waals surface area contributed by atoms with Gasteiger partial charge >= 0.3 is 6.09 Å². The molecule has 0 saturated heterocycles. The first-order chi connectivity index (χ1) is 14.9. The minimum atomic E-state index is -3.73. The molecule has 0 saturated carbocycles. The van der Waals surface area contributed by atoms with Crippen molar-refractivity contribution in [3.05, 3.63) is 71.3 Å². The minimum Gasteiger partial charge on any atom is -0.444 e. The second-order valence-corrected chi connectivity index (χ2v) is 11.5. The number of hydrogen-bond donors (Lipinski definition) is 3. The zero-order valence-electron chi connectivity index (χ0n) is 19.1. The number of alkyl carbamates (subject to hydrolysis) is 1. The Kier molecular flexibility index (Phi) is 8.65. The molecule has 2 aromatic carbocycles. The number of aryl methyl sites for hydroxylation is 1. The number of primary amides is 1. The van der Waals surface area contributed by atoms with E-state index in [-0.39, 0.29) is 18.7 Å². The number of carbonyl (C=O) groups is 2. The predicted octanol–water partition coefficient (Wildman–Crippen LogP) is 4.49. The highest BCUT2D eigenvalue weighted by Gasteiger charge is 2.30. The molecular weight excluding hydrogens is 427 g/mol. The van der Waals surface area contributed by atoms with Crippen LogP contribution in [-0.2, 0) is 14.1 Å². The van der Waals surface area contributed by atoms with Gasteiger partial charge in [0.05, 0.1) is 12.0 Å². The van der Waals surface area contributed by atoms with Gasteiger partial charge in [-0.3, -0.25) is 9.36 Å². The lowest BCUT2D eigenvalue weighted by molar-refractivity contribution is -0.119. The largest absolute Gasteiger partial charge is 0.444 e. The third-order valence-electron chi connectivity index (χ3n) is 5.04. The van der Waals surface area contributed by atoms with Crippen molar-refractivity contribution in [3.8, 4) is 0 Å². The first kappa shape index (κ1) is 25.6. The highest BCUT2D eigenvalue weighted by atomic mass is 31.2. The van der Waals surface area contributed by atoms with Gasteiger partial charge in [-0.05, 0) is 50.8 Å². The number of ether oxygens (including phenoxy) is 1. The van der Waals surface area contributed by atoms with Crippen LogP contribution in [0.3, 0.4) is 0 Å². The van der Waals surface area contributed by atoms with Crippen LogP contribution in [0.2, 0.25) is 0 Å². The Morgan fingerprint density at radius 2 is 1.69 bits per heavy atom. The Morgan fingerprint density at radius 3 is 2.25 bits per heavy atom. The Hall–Kier alpha value is -2.63. The van der Waals surface area contributed by atoms with Gasteiger partial charge < -0.3 is 20.7 Å². The molecule has 174 valence electrons. The molecule has 0 heterocycles. The summed E-state index contributed by atoms with van der Waals surface area (Å²) in [6, 6.07) is 15.6. The van der Waals surface area contributed by atoms with Crippen LogP contribution in [0.5, 0.6) is 0 Å². The van der Waals surface area contributed by atoms with E-state index in [2.05, 4.69) is 5.32 Å². The fourth-order valence-corrected chi connectivity index (χ4v) is 5.22. The van der Waals surface area contributed by atoms with E-state index < -0.39 is 36.9 Å². The zero-order valence-corrected chi connectivity index (χ0v) is 20.0. The van der Waals surface area contributed by atoms with Crippen molar-refractivity contribution in [2.75, 3.05) is 12.3 Å². The van der Waals surface area contributed by atoms with Gasteiger partial charge in [0, 0.05) is 12.3 Å². The Labute approximate surface area is 189 Å². The minimum absolute atomic E-state index is 0.103. The van der Waals surface area contributed by atoms with Crippen LogP contribution in [0.1, 0.15) is 55.8 Å². The maximum Gasteiger partial charge on any atom is 0.408 e. The summed E-state index contributed by atoms with van der Waals surface area (Å²) in [5.74, 6) is -1.20. The second-order valence-electron chi connectivity index (χ2n) is 8.96. The quantitative estimate of drug-likeness (QED) is 0.477. The number of nitrogens with one attached hydrogen (secondary N) is 1. The summed E-state index contributed by atoms with van der Waals surface area (Å²) >= 11 is 0. The SMILES string of the molecule is Cc1ccccc1C(CCP(=O)(O)C[C@@H](NC(=O)OC(C)(C)C)c1ccccc1)C(N)=O. The van der Waals surface area contributed by atoms with Gasteiger partial charge in [0.25, 0.3) is 0 Å². The molecule has 2 unspecified atom stereocenters. The lowest BCUT2D eigenvalue weighted by Gasteiger charge is -2.26. The molecule has 32 heavy (non-hydrogen) atoms. The highest BCUT2D eigenvalue weighted by Crippen LogP contribution is 2.46. The van der Waals surface area contributed by atoms with Crippen molar-refractivity contribution in [3.63, 3.8) is 0 Å². The summed E-state index contributed by atoms with van der Waals surface area (Å²) in [4.78, 5) is 35.2. The van der Waals surface area contributed by atoms with Gasteiger partial charge in [-0.25, -0.2) is 4.79 Å². The van der Waals surface area contributed by atoms with Crippen molar-refractivity contribution < 1.29 is 23.8 Å². The number of rotatable bonds is 9. The van der Waals surface area contributed by atoms with Crippen molar-refractivity contribution in [1.82, 2.24) is 5.32 Å². The van der Waals surface area contributed by atoms with E-state index in [1.54, 1.807) is 45.0 Å². The van der Waals surface area contributed by atoms with Gasteiger partial charge in [-0.2, -0.15) is 0 Å². The highest BCUT2D eigenvalue weighted by molar-refractivity contribution is 7.58. The fraction of sp³-hybridized carbons (Fsp3) is 0.417. The van der Waals surface area contributed by atoms with E-state index in [1.165, 1.54) is 0 Å². The molecule has 0 aliphatic heterocycles. The molecule has 0 radical (unpaired) electrons. The monoisotopic (exact) mass is 460 g/mol. The molecule has 0 bridgehead atoms. The molecule has 3 atom stereocenters. The molecular formula is C24H33N2O5P. The summed E-state index contributed by atoms with van der Waals surface area (Å²) < 4.78 is 18.4. The van der Waals surface area contributed by atoms with E-state index in [0.717, 1.165) is 11.1 Å². The van der Waals surface area contributed by atoms with Gasteiger partial charge in [0.2, 0.25) is 13.3 Å². The van der Waals surface area contributed by atoms with Crippen LogP contribution < -0.4 is 11.1 Å². The van der Waals surface area contributed by atoms with Crippen LogP contribution in [0.4, 0.5) is 4.79 Å². The Bertz CT molecular complexity index is 972. The van der Waals surface area contributed by atoms with Crippen LogP contribution in [0.25, 0.3) is 0 Å². The fourth-order valence-electron chi connectivity index (χ4n) is 3.51. The average Bonchev–Trinajstić information content (AvgIpc) is 2.67. The second kappa shape index (κ2) is 10.8. The molecule has 0 aliphatic rings. The smallest absolute Gasteiger partial charge is 0.408 e. The standard InChI is InChI=1S/C24H33N2O5P/c1-17-10-8-9-13-19(17)20(22(25)27)14-15-32(29,30)16-21(18-11-6-5-7-12-18)26-23(28)31-24(2,3)4/h5-13,20-21H,14-16H2,1-4H3,(H2,25,27)(H,26,28)(H,29,30)/t20?,21-/m1/s1. The summed E-state index contributed by atoms with van der Waals surface area (Å²) in [5.41, 5.74) is 7.25. The summed E-state index contributed by atoms with van der Waals surface area (Å²) in [7, 11) is -3.73. The summed E-state index contributed by atoms with van der Waals surface area (Å²) in [6.07, 6.45) is -0.813. The maximum absolute atomic E-state index is 13.1. The van der Waals surface area contributed by atoms with E-state index in [4.69, 9.17) is 10.5 Å². The predicted molar refractivity (Wildman–Crippen MR) is 126 cm³/mol. The molecule has 2 amide bonds. The lowest BCUT2D eigenvalue weighted by atomic mass is 9.92. The third-order valence-corrected chi connectivity index (χ3v) is 6.93. The first-order valence-electron chi connectivity index (χ1n) is 10.6. The van der Waals surface area contributed by atoms with Gasteiger partial charge in [0.1, 0.15) is 5.60 Å². The third kappa shape index (κ3) is 8.13. The van der Waals surface area contributed by atoms with Crippen molar-refractivity contribution in [2.24, 2.45) is 5.73 Å². The first-order valence-corrected chi connectivity index (χ1v) is 12.6. The molecule has 7 nitrogen and oxygen atoms in total. The lowest BCUT2D eigenvalue weighted by Crippen LogP contribution is -2.36. The van der Waals surface area contributed by atoms with Gasteiger partial charge in [-0.1, -0.05) is 54.6 Å².